The Morgan fingerprint density at radius 3 is 2.33 bits per heavy atom. The molecule has 0 heterocycles. The van der Waals surface area contributed by atoms with E-state index < -0.39 is 0 Å². The van der Waals surface area contributed by atoms with Crippen molar-refractivity contribution in [2.24, 2.45) is 5.41 Å². The third-order valence-electron chi connectivity index (χ3n) is 3.05. The van der Waals surface area contributed by atoms with Crippen molar-refractivity contribution in [2.75, 3.05) is 0 Å². The van der Waals surface area contributed by atoms with Crippen LogP contribution in [0.4, 0.5) is 0 Å². The van der Waals surface area contributed by atoms with Gasteiger partial charge < -0.3 is 5.11 Å². The van der Waals surface area contributed by atoms with E-state index in [-0.39, 0.29) is 12.0 Å². The van der Waals surface area contributed by atoms with E-state index in [2.05, 4.69) is 27.7 Å². The predicted octanol–water partition coefficient (Wildman–Crippen LogP) is 3.98. The van der Waals surface area contributed by atoms with Crippen molar-refractivity contribution in [1.82, 2.24) is 0 Å². The molecule has 0 saturated carbocycles. The molecule has 0 amide bonds. The van der Waals surface area contributed by atoms with Gasteiger partial charge in [0.15, 0.2) is 0 Å². The van der Waals surface area contributed by atoms with Crippen LogP contribution in [-0.4, -0.2) is 5.11 Å². The summed E-state index contributed by atoms with van der Waals surface area (Å²) in [6, 6.07) is 5.91. The molecule has 0 fully saturated rings. The minimum Gasteiger partial charge on any atom is -0.392 e. The van der Waals surface area contributed by atoms with E-state index in [0.29, 0.717) is 10.9 Å². The maximum absolute atomic E-state index is 9.02. The van der Waals surface area contributed by atoms with Crippen molar-refractivity contribution in [3.8, 4) is 0 Å². The van der Waals surface area contributed by atoms with Crippen LogP contribution in [0.3, 0.4) is 0 Å². The summed E-state index contributed by atoms with van der Waals surface area (Å²) < 4.78 is 0. The summed E-state index contributed by atoms with van der Waals surface area (Å²) >= 11 is 6.06. The summed E-state index contributed by atoms with van der Waals surface area (Å²) in [4.78, 5) is 0. The smallest absolute Gasteiger partial charge is 0.0696 e. The van der Waals surface area contributed by atoms with Crippen LogP contribution in [0.25, 0.3) is 0 Å². The molecule has 0 spiro atoms. The van der Waals surface area contributed by atoms with Crippen LogP contribution in [0, 0.1) is 5.41 Å². The first-order chi connectivity index (χ1) is 6.86. The van der Waals surface area contributed by atoms with E-state index in [9.17, 15) is 0 Å². The number of aliphatic hydroxyl groups is 1. The second-order valence-corrected chi connectivity index (χ2v) is 5.50. The molecule has 2 heteroatoms. The zero-order chi connectivity index (χ0) is 11.6. The molecule has 0 aliphatic carbocycles. The molecule has 0 bridgehead atoms. The Kier molecular flexibility index (Phi) is 3.80. The Labute approximate surface area is 97.1 Å². The summed E-state index contributed by atoms with van der Waals surface area (Å²) in [5.74, 6) is 0.447. The summed E-state index contributed by atoms with van der Waals surface area (Å²) in [6.45, 7) is 8.84. The lowest BCUT2D eigenvalue weighted by Crippen LogP contribution is -2.15. The van der Waals surface area contributed by atoms with Crippen LogP contribution < -0.4 is 0 Å². The lowest BCUT2D eigenvalue weighted by atomic mass is 9.78. The summed E-state index contributed by atoms with van der Waals surface area (Å²) in [6.07, 6.45) is 0. The Bertz CT molecular complexity index is 339. The highest BCUT2D eigenvalue weighted by Crippen LogP contribution is 2.35. The van der Waals surface area contributed by atoms with Gasteiger partial charge in [-0.3, -0.25) is 0 Å². The molecule has 1 nitrogen and oxygen atoms in total. The fourth-order valence-electron chi connectivity index (χ4n) is 1.46. The van der Waals surface area contributed by atoms with Crippen molar-refractivity contribution >= 4 is 11.6 Å². The molecule has 1 N–H and O–H groups in total. The zero-order valence-corrected chi connectivity index (χ0v) is 10.6. The van der Waals surface area contributed by atoms with Crippen molar-refractivity contribution < 1.29 is 5.11 Å². The molecule has 0 aliphatic heterocycles. The van der Waals surface area contributed by atoms with E-state index in [1.165, 1.54) is 5.56 Å². The summed E-state index contributed by atoms with van der Waals surface area (Å²) in [5.41, 5.74) is 2.25. The topological polar surface area (TPSA) is 20.2 Å². The molecule has 1 rings (SSSR count). The van der Waals surface area contributed by atoms with Gasteiger partial charge in [0.05, 0.1) is 6.61 Å². The van der Waals surface area contributed by atoms with Crippen LogP contribution in [0.2, 0.25) is 5.02 Å². The van der Waals surface area contributed by atoms with Crippen LogP contribution in [-0.2, 0) is 6.61 Å². The van der Waals surface area contributed by atoms with Gasteiger partial charge in [-0.05, 0) is 28.5 Å². The van der Waals surface area contributed by atoms with Gasteiger partial charge in [-0.25, -0.2) is 0 Å². The molecule has 15 heavy (non-hydrogen) atoms. The molecule has 1 atom stereocenters. The zero-order valence-electron chi connectivity index (χ0n) is 9.84. The molecule has 0 radical (unpaired) electrons. The quantitative estimate of drug-likeness (QED) is 0.809. The number of halogens is 1. The fraction of sp³-hybridized carbons (Fsp3) is 0.538. The number of hydrogen-bond acceptors (Lipinski definition) is 1. The minimum absolute atomic E-state index is 0.00299. The van der Waals surface area contributed by atoms with Gasteiger partial charge in [-0.15, -0.1) is 0 Å². The highest BCUT2D eigenvalue weighted by molar-refractivity contribution is 6.31. The molecule has 1 aromatic rings. The lowest BCUT2D eigenvalue weighted by Gasteiger charge is -2.28. The van der Waals surface area contributed by atoms with Crippen molar-refractivity contribution in [1.29, 1.82) is 0 Å². The third kappa shape index (κ3) is 2.96. The molecule has 1 unspecified atom stereocenters. The van der Waals surface area contributed by atoms with Gasteiger partial charge in [0, 0.05) is 5.02 Å². The molecule has 0 saturated heterocycles. The Morgan fingerprint density at radius 2 is 1.93 bits per heavy atom. The second-order valence-electron chi connectivity index (χ2n) is 5.10. The number of hydrogen-bond donors (Lipinski definition) is 1. The van der Waals surface area contributed by atoms with E-state index in [4.69, 9.17) is 16.7 Å². The van der Waals surface area contributed by atoms with Crippen molar-refractivity contribution in [2.45, 2.75) is 40.2 Å². The van der Waals surface area contributed by atoms with Gasteiger partial charge in [0.25, 0.3) is 0 Å². The van der Waals surface area contributed by atoms with Gasteiger partial charge in [0.1, 0.15) is 0 Å². The lowest BCUT2D eigenvalue weighted by molar-refractivity contribution is 0.281. The highest BCUT2D eigenvalue weighted by atomic mass is 35.5. The molecule has 0 aromatic heterocycles. The van der Waals surface area contributed by atoms with Gasteiger partial charge in [-0.2, -0.15) is 0 Å². The molecular weight excluding hydrogens is 208 g/mol. The first-order valence-corrected chi connectivity index (χ1v) is 5.63. The largest absolute Gasteiger partial charge is 0.392 e. The normalized spacial score (nSPS) is 14.0. The Morgan fingerprint density at radius 1 is 1.33 bits per heavy atom. The van der Waals surface area contributed by atoms with Crippen molar-refractivity contribution in [3.05, 3.63) is 34.3 Å². The van der Waals surface area contributed by atoms with E-state index in [1.807, 2.05) is 18.2 Å². The average molecular weight is 227 g/mol. The predicted molar refractivity (Wildman–Crippen MR) is 65.2 cm³/mol. The maximum Gasteiger partial charge on any atom is 0.0696 e. The van der Waals surface area contributed by atoms with Gasteiger partial charge in [-0.1, -0.05) is 51.4 Å². The van der Waals surface area contributed by atoms with Crippen LogP contribution in [0.5, 0.6) is 0 Å². The summed E-state index contributed by atoms with van der Waals surface area (Å²) in [7, 11) is 0. The molecule has 84 valence electrons. The molecule has 1 aromatic carbocycles. The minimum atomic E-state index is 0.00299. The first kappa shape index (κ1) is 12.5. The number of rotatable bonds is 2. The Hall–Kier alpha value is -0.530. The fourth-order valence-corrected chi connectivity index (χ4v) is 1.71. The molecule has 0 aliphatic rings. The number of aliphatic hydroxyl groups excluding tert-OH is 1. The monoisotopic (exact) mass is 226 g/mol. The van der Waals surface area contributed by atoms with E-state index >= 15 is 0 Å². The van der Waals surface area contributed by atoms with E-state index in [1.54, 1.807) is 0 Å². The maximum atomic E-state index is 9.02. The Balaban J connectivity index is 3.02. The SMILES string of the molecule is CC(c1ccc(CO)c(Cl)c1)C(C)(C)C. The van der Waals surface area contributed by atoms with Crippen LogP contribution >= 0.6 is 11.6 Å². The molecular formula is C13H19ClO. The summed E-state index contributed by atoms with van der Waals surface area (Å²) in [5, 5.41) is 9.68. The average Bonchev–Trinajstić information content (AvgIpc) is 2.15. The second kappa shape index (κ2) is 4.54. The van der Waals surface area contributed by atoms with E-state index in [0.717, 1.165) is 5.56 Å². The van der Waals surface area contributed by atoms with Crippen LogP contribution in [0.1, 0.15) is 44.7 Å². The highest BCUT2D eigenvalue weighted by Gasteiger charge is 2.21. The van der Waals surface area contributed by atoms with Gasteiger partial charge >= 0.3 is 0 Å². The van der Waals surface area contributed by atoms with Crippen LogP contribution in [0.15, 0.2) is 18.2 Å². The standard InChI is InChI=1S/C13H19ClO/c1-9(13(2,3)4)10-5-6-11(8-15)12(14)7-10/h5-7,9,15H,8H2,1-4H3. The van der Waals surface area contributed by atoms with Crippen molar-refractivity contribution in [3.63, 3.8) is 0 Å². The number of benzene rings is 1. The van der Waals surface area contributed by atoms with Gasteiger partial charge in [0.2, 0.25) is 0 Å². The third-order valence-corrected chi connectivity index (χ3v) is 3.40. The first-order valence-electron chi connectivity index (χ1n) is 5.25.